The Labute approximate surface area is 82.7 Å². The third kappa shape index (κ3) is 2.44. The van der Waals surface area contributed by atoms with E-state index in [2.05, 4.69) is 6.07 Å². The Morgan fingerprint density at radius 2 is 2.14 bits per heavy atom. The van der Waals surface area contributed by atoms with Gasteiger partial charge in [-0.2, -0.15) is 5.26 Å². The lowest BCUT2D eigenvalue weighted by Crippen LogP contribution is -2.44. The Bertz CT molecular complexity index is 261. The van der Waals surface area contributed by atoms with Crippen molar-refractivity contribution in [3.63, 3.8) is 0 Å². The number of nitriles is 1. The first-order valence-electron chi connectivity index (χ1n) is 4.68. The summed E-state index contributed by atoms with van der Waals surface area (Å²) in [5.74, 6) is -1.32. The van der Waals surface area contributed by atoms with Crippen LogP contribution >= 0.6 is 0 Å². The molecule has 5 heteroatoms. The lowest BCUT2D eigenvalue weighted by molar-refractivity contribution is -0.140. The van der Waals surface area contributed by atoms with Crippen LogP contribution in [0.4, 0.5) is 0 Å². The standard InChI is InChI=1S/C9H15N3O2/c10-4-5-1-6(3-7(11)2-5)8(12)9(13)14/h5-8H,1-3,11-12H2,(H,13,14). The molecule has 1 rings (SSSR count). The maximum Gasteiger partial charge on any atom is 0.320 e. The van der Waals surface area contributed by atoms with E-state index in [9.17, 15) is 4.79 Å². The van der Waals surface area contributed by atoms with Gasteiger partial charge in [-0.25, -0.2) is 0 Å². The Morgan fingerprint density at radius 1 is 1.50 bits per heavy atom. The number of nitrogens with zero attached hydrogens (tertiary/aromatic N) is 1. The number of hydrogen-bond donors (Lipinski definition) is 3. The molecule has 1 fully saturated rings. The zero-order chi connectivity index (χ0) is 10.7. The highest BCUT2D eigenvalue weighted by atomic mass is 16.4. The minimum absolute atomic E-state index is 0.0937. The van der Waals surface area contributed by atoms with Crippen molar-refractivity contribution < 1.29 is 9.90 Å². The Balaban J connectivity index is 2.62. The summed E-state index contributed by atoms with van der Waals surface area (Å²) < 4.78 is 0. The van der Waals surface area contributed by atoms with E-state index in [4.69, 9.17) is 21.8 Å². The van der Waals surface area contributed by atoms with E-state index in [1.807, 2.05) is 0 Å². The SMILES string of the molecule is N#CC1CC(N)CC(C(N)C(=O)O)C1. The van der Waals surface area contributed by atoms with Crippen molar-refractivity contribution in [2.45, 2.75) is 31.3 Å². The van der Waals surface area contributed by atoms with Gasteiger partial charge >= 0.3 is 5.97 Å². The number of nitrogens with two attached hydrogens (primary N) is 2. The monoisotopic (exact) mass is 197 g/mol. The molecule has 0 spiro atoms. The third-order valence-electron chi connectivity index (χ3n) is 2.76. The van der Waals surface area contributed by atoms with Crippen LogP contribution in [0.25, 0.3) is 0 Å². The van der Waals surface area contributed by atoms with E-state index in [-0.39, 0.29) is 17.9 Å². The molecule has 14 heavy (non-hydrogen) atoms. The molecule has 4 atom stereocenters. The molecule has 0 heterocycles. The Kier molecular flexibility index (Phi) is 3.44. The molecule has 0 bridgehead atoms. The normalized spacial score (nSPS) is 34.5. The summed E-state index contributed by atoms with van der Waals surface area (Å²) in [5.41, 5.74) is 11.2. The molecular formula is C9H15N3O2. The summed E-state index contributed by atoms with van der Waals surface area (Å²) in [6, 6.07) is 1.14. The summed E-state index contributed by atoms with van der Waals surface area (Å²) in [5, 5.41) is 17.5. The van der Waals surface area contributed by atoms with Crippen LogP contribution in [0.5, 0.6) is 0 Å². The van der Waals surface area contributed by atoms with Crippen LogP contribution in [-0.4, -0.2) is 23.2 Å². The first kappa shape index (κ1) is 11.0. The van der Waals surface area contributed by atoms with Gasteiger partial charge in [-0.3, -0.25) is 4.79 Å². The van der Waals surface area contributed by atoms with Crippen molar-refractivity contribution in [3.05, 3.63) is 0 Å². The summed E-state index contributed by atoms with van der Waals surface area (Å²) in [7, 11) is 0. The fraction of sp³-hybridized carbons (Fsp3) is 0.778. The first-order chi connectivity index (χ1) is 6.54. The maximum absolute atomic E-state index is 10.7. The highest BCUT2D eigenvalue weighted by Crippen LogP contribution is 2.29. The summed E-state index contributed by atoms with van der Waals surface area (Å²) >= 11 is 0. The lowest BCUT2D eigenvalue weighted by atomic mass is 9.76. The topological polar surface area (TPSA) is 113 Å². The number of rotatable bonds is 2. The van der Waals surface area contributed by atoms with Gasteiger partial charge in [0, 0.05) is 12.0 Å². The van der Waals surface area contributed by atoms with Crippen LogP contribution < -0.4 is 11.5 Å². The number of aliphatic carboxylic acids is 1. The van der Waals surface area contributed by atoms with Gasteiger partial charge in [0.25, 0.3) is 0 Å². The van der Waals surface area contributed by atoms with E-state index in [1.54, 1.807) is 0 Å². The highest BCUT2D eigenvalue weighted by Gasteiger charge is 2.33. The van der Waals surface area contributed by atoms with Crippen molar-refractivity contribution in [2.24, 2.45) is 23.3 Å². The van der Waals surface area contributed by atoms with Gasteiger partial charge < -0.3 is 16.6 Å². The highest BCUT2D eigenvalue weighted by molar-refractivity contribution is 5.73. The quantitative estimate of drug-likeness (QED) is 0.560. The molecular weight excluding hydrogens is 182 g/mol. The fourth-order valence-corrected chi connectivity index (χ4v) is 2.01. The van der Waals surface area contributed by atoms with Crippen molar-refractivity contribution in [3.8, 4) is 6.07 Å². The zero-order valence-corrected chi connectivity index (χ0v) is 7.89. The average Bonchev–Trinajstić information content (AvgIpc) is 2.15. The summed E-state index contributed by atoms with van der Waals surface area (Å²) in [6.07, 6.45) is 1.81. The van der Waals surface area contributed by atoms with Gasteiger partial charge in [-0.05, 0) is 25.2 Å². The van der Waals surface area contributed by atoms with Crippen LogP contribution in [0.1, 0.15) is 19.3 Å². The van der Waals surface area contributed by atoms with Crippen LogP contribution in [-0.2, 0) is 4.79 Å². The lowest BCUT2D eigenvalue weighted by Gasteiger charge is -2.31. The fourth-order valence-electron chi connectivity index (χ4n) is 2.01. The molecule has 0 aromatic heterocycles. The largest absolute Gasteiger partial charge is 0.480 e. The van der Waals surface area contributed by atoms with Crippen LogP contribution in [0.3, 0.4) is 0 Å². The molecule has 0 aliphatic heterocycles. The second kappa shape index (κ2) is 4.40. The second-order valence-corrected chi connectivity index (χ2v) is 3.92. The minimum atomic E-state index is -1.01. The molecule has 1 aliphatic carbocycles. The molecule has 5 nitrogen and oxygen atoms in total. The molecule has 5 N–H and O–H groups in total. The van der Waals surface area contributed by atoms with Crippen molar-refractivity contribution in [2.75, 3.05) is 0 Å². The van der Waals surface area contributed by atoms with E-state index >= 15 is 0 Å². The smallest absolute Gasteiger partial charge is 0.320 e. The maximum atomic E-state index is 10.7. The number of carboxylic acids is 1. The van der Waals surface area contributed by atoms with Gasteiger partial charge in [-0.1, -0.05) is 0 Å². The van der Waals surface area contributed by atoms with E-state index in [0.717, 1.165) is 0 Å². The van der Waals surface area contributed by atoms with Gasteiger partial charge in [-0.15, -0.1) is 0 Å². The van der Waals surface area contributed by atoms with Crippen molar-refractivity contribution in [1.29, 1.82) is 5.26 Å². The number of hydrogen-bond acceptors (Lipinski definition) is 4. The zero-order valence-electron chi connectivity index (χ0n) is 7.89. The first-order valence-corrected chi connectivity index (χ1v) is 4.68. The van der Waals surface area contributed by atoms with Gasteiger partial charge in [0.1, 0.15) is 6.04 Å². The van der Waals surface area contributed by atoms with E-state index < -0.39 is 12.0 Å². The molecule has 1 saturated carbocycles. The van der Waals surface area contributed by atoms with Gasteiger partial charge in [0.15, 0.2) is 0 Å². The predicted octanol–water partition coefficient (Wildman–Crippen LogP) is -0.335. The second-order valence-electron chi connectivity index (χ2n) is 3.92. The van der Waals surface area contributed by atoms with Gasteiger partial charge in [0.2, 0.25) is 0 Å². The number of carbonyl (C=O) groups is 1. The molecule has 0 aromatic rings. The third-order valence-corrected chi connectivity index (χ3v) is 2.76. The van der Waals surface area contributed by atoms with Crippen LogP contribution in [0, 0.1) is 23.2 Å². The summed E-state index contributed by atoms with van der Waals surface area (Å²) in [4.78, 5) is 10.7. The molecule has 0 radical (unpaired) electrons. The minimum Gasteiger partial charge on any atom is -0.480 e. The predicted molar refractivity (Wildman–Crippen MR) is 50.0 cm³/mol. The Morgan fingerprint density at radius 3 is 2.64 bits per heavy atom. The molecule has 78 valence electrons. The Hall–Kier alpha value is -1.12. The van der Waals surface area contributed by atoms with E-state index in [0.29, 0.717) is 19.3 Å². The molecule has 0 amide bonds. The molecule has 4 unspecified atom stereocenters. The van der Waals surface area contributed by atoms with Gasteiger partial charge in [0.05, 0.1) is 6.07 Å². The molecule has 1 aliphatic rings. The van der Waals surface area contributed by atoms with Crippen LogP contribution in [0.15, 0.2) is 0 Å². The molecule has 0 aromatic carbocycles. The molecule has 0 saturated heterocycles. The van der Waals surface area contributed by atoms with Crippen molar-refractivity contribution in [1.82, 2.24) is 0 Å². The van der Waals surface area contributed by atoms with Crippen molar-refractivity contribution >= 4 is 5.97 Å². The number of carboxylic acid groups (broad SMARTS) is 1. The average molecular weight is 197 g/mol. The van der Waals surface area contributed by atoms with E-state index in [1.165, 1.54) is 0 Å². The van der Waals surface area contributed by atoms with Crippen LogP contribution in [0.2, 0.25) is 0 Å². The summed E-state index contributed by atoms with van der Waals surface area (Å²) in [6.45, 7) is 0.